The molecule has 0 unspecified atom stereocenters. The summed E-state index contributed by atoms with van der Waals surface area (Å²) in [5, 5.41) is 9.92. The number of alkyl halides is 1. The third-order valence-corrected chi connectivity index (χ3v) is 4.32. The molecule has 2 aliphatic heterocycles. The number of hydrogen-bond donors (Lipinski definition) is 1. The van der Waals surface area contributed by atoms with Crippen LogP contribution in [0, 0.1) is 12.3 Å². The first-order valence-corrected chi connectivity index (χ1v) is 7.33. The fraction of sp³-hybridized carbons (Fsp3) is 0.733. The molecule has 0 amide bonds. The molecule has 0 radical (unpaired) electrons. The van der Waals surface area contributed by atoms with E-state index in [2.05, 4.69) is 5.92 Å². The van der Waals surface area contributed by atoms with Crippen LogP contribution in [-0.2, 0) is 9.47 Å². The summed E-state index contributed by atoms with van der Waals surface area (Å²) < 4.78 is 11.9. The van der Waals surface area contributed by atoms with E-state index in [0.29, 0.717) is 12.8 Å². The Morgan fingerprint density at radius 3 is 2.68 bits per heavy atom. The Labute approximate surface area is 119 Å². The summed E-state index contributed by atoms with van der Waals surface area (Å²) in [6, 6.07) is 0. The van der Waals surface area contributed by atoms with Gasteiger partial charge in [-0.25, -0.2) is 0 Å². The molecule has 6 atom stereocenters. The van der Waals surface area contributed by atoms with Crippen LogP contribution in [0.3, 0.4) is 0 Å². The van der Waals surface area contributed by atoms with Crippen molar-refractivity contribution in [3.63, 3.8) is 0 Å². The van der Waals surface area contributed by atoms with Crippen LogP contribution in [0.2, 0.25) is 0 Å². The number of aliphatic hydroxyl groups excluding tert-OH is 1. The van der Waals surface area contributed by atoms with E-state index in [1.54, 1.807) is 6.08 Å². The number of ether oxygens (including phenoxy) is 2. The highest BCUT2D eigenvalue weighted by atomic mass is 35.5. The number of fused-ring (bicyclic) bond motifs is 1. The molecular formula is C15H21ClO3. The zero-order valence-electron chi connectivity index (χ0n) is 11.2. The van der Waals surface area contributed by atoms with E-state index in [9.17, 15) is 5.11 Å². The van der Waals surface area contributed by atoms with Crippen molar-refractivity contribution in [1.29, 1.82) is 0 Å². The molecule has 0 aromatic carbocycles. The molecule has 19 heavy (non-hydrogen) atoms. The average Bonchev–Trinajstić information content (AvgIpc) is 2.39. The van der Waals surface area contributed by atoms with Crippen molar-refractivity contribution in [2.45, 2.75) is 68.5 Å². The summed E-state index contributed by atoms with van der Waals surface area (Å²) >= 11 is 6.36. The van der Waals surface area contributed by atoms with E-state index in [1.807, 2.05) is 13.0 Å². The van der Waals surface area contributed by atoms with E-state index in [0.717, 1.165) is 12.8 Å². The Bertz CT molecular complexity index is 363. The largest absolute Gasteiger partial charge is 0.390 e. The minimum atomic E-state index is -0.444. The minimum Gasteiger partial charge on any atom is -0.390 e. The first kappa shape index (κ1) is 14.9. The second-order valence-electron chi connectivity index (χ2n) is 5.19. The van der Waals surface area contributed by atoms with Crippen molar-refractivity contribution >= 4 is 11.6 Å². The molecule has 106 valence electrons. The molecule has 2 aliphatic rings. The van der Waals surface area contributed by atoms with Crippen LogP contribution in [0.25, 0.3) is 0 Å². The van der Waals surface area contributed by atoms with Gasteiger partial charge in [0.15, 0.2) is 0 Å². The summed E-state index contributed by atoms with van der Waals surface area (Å²) in [5.41, 5.74) is 0. The van der Waals surface area contributed by atoms with Crippen LogP contribution >= 0.6 is 11.6 Å². The Kier molecular flexibility index (Phi) is 5.29. The summed E-state index contributed by atoms with van der Waals surface area (Å²) in [6.45, 7) is 2.02. The lowest BCUT2D eigenvalue weighted by molar-refractivity contribution is -0.217. The predicted octanol–water partition coefficient (Wildman–Crippen LogP) is 2.26. The molecule has 0 saturated carbocycles. The highest BCUT2D eigenvalue weighted by Crippen LogP contribution is 2.35. The standard InChI is InChI=1S/C15H21ClO3/c1-3-5-6-7-13-10(16)8-14-15(19-13)9-11(17)12(4-2)18-14/h1,5-6,10-15,17H,4,7-9H2,2H3/b6-5+/t10-,11-,12-,13-,14+,15+/m0/s1. The van der Waals surface area contributed by atoms with Gasteiger partial charge in [-0.05, 0) is 25.3 Å². The topological polar surface area (TPSA) is 38.7 Å². The van der Waals surface area contributed by atoms with Crippen molar-refractivity contribution < 1.29 is 14.6 Å². The highest BCUT2D eigenvalue weighted by molar-refractivity contribution is 6.21. The van der Waals surface area contributed by atoms with E-state index < -0.39 is 6.10 Å². The Morgan fingerprint density at radius 2 is 2.00 bits per heavy atom. The third kappa shape index (κ3) is 3.52. The maximum Gasteiger partial charge on any atom is 0.0867 e. The van der Waals surface area contributed by atoms with Gasteiger partial charge < -0.3 is 14.6 Å². The number of halogens is 1. The van der Waals surface area contributed by atoms with Crippen LogP contribution in [0.4, 0.5) is 0 Å². The maximum atomic E-state index is 10.00. The molecule has 1 N–H and O–H groups in total. The molecule has 2 saturated heterocycles. The van der Waals surface area contributed by atoms with Crippen LogP contribution < -0.4 is 0 Å². The Balaban J connectivity index is 1.95. The first-order valence-electron chi connectivity index (χ1n) is 6.89. The molecule has 0 aromatic rings. The molecular weight excluding hydrogens is 264 g/mol. The van der Waals surface area contributed by atoms with Crippen LogP contribution in [0.15, 0.2) is 12.2 Å². The molecule has 0 aromatic heterocycles. The molecule has 2 rings (SSSR count). The summed E-state index contributed by atoms with van der Waals surface area (Å²) in [5.74, 6) is 2.46. The van der Waals surface area contributed by atoms with Gasteiger partial charge in [-0.3, -0.25) is 0 Å². The Hall–Kier alpha value is -0.530. The molecule has 0 spiro atoms. The molecule has 3 nitrogen and oxygen atoms in total. The van der Waals surface area contributed by atoms with Crippen molar-refractivity contribution in [3.05, 3.63) is 12.2 Å². The molecule has 2 heterocycles. The van der Waals surface area contributed by atoms with Crippen LogP contribution in [-0.4, -0.2) is 41.0 Å². The fourth-order valence-corrected chi connectivity index (χ4v) is 3.16. The third-order valence-electron chi connectivity index (χ3n) is 3.86. The number of hydrogen-bond acceptors (Lipinski definition) is 3. The lowest BCUT2D eigenvalue weighted by Gasteiger charge is -2.45. The lowest BCUT2D eigenvalue weighted by atomic mass is 9.90. The monoisotopic (exact) mass is 284 g/mol. The van der Waals surface area contributed by atoms with E-state index >= 15 is 0 Å². The molecule has 4 heteroatoms. The van der Waals surface area contributed by atoms with Gasteiger partial charge in [0.25, 0.3) is 0 Å². The van der Waals surface area contributed by atoms with Gasteiger partial charge in [0.2, 0.25) is 0 Å². The van der Waals surface area contributed by atoms with Gasteiger partial charge in [-0.1, -0.05) is 18.9 Å². The van der Waals surface area contributed by atoms with E-state index in [4.69, 9.17) is 27.5 Å². The van der Waals surface area contributed by atoms with Crippen molar-refractivity contribution in [2.75, 3.05) is 0 Å². The maximum absolute atomic E-state index is 10.00. The SMILES string of the molecule is C#C/C=C/C[C@@H]1O[C@@H]2C[C@H](O)[C@H](CC)O[C@@H]2C[C@@H]1Cl. The minimum absolute atomic E-state index is 0.00344. The molecule has 2 fully saturated rings. The average molecular weight is 285 g/mol. The van der Waals surface area contributed by atoms with Crippen LogP contribution in [0.5, 0.6) is 0 Å². The summed E-state index contributed by atoms with van der Waals surface area (Å²) in [4.78, 5) is 0. The second kappa shape index (κ2) is 6.76. The van der Waals surface area contributed by atoms with Crippen LogP contribution in [0.1, 0.15) is 32.6 Å². The Morgan fingerprint density at radius 1 is 1.32 bits per heavy atom. The summed E-state index contributed by atoms with van der Waals surface area (Å²) in [6.07, 6.45) is 11.0. The van der Waals surface area contributed by atoms with Gasteiger partial charge in [-0.2, -0.15) is 0 Å². The lowest BCUT2D eigenvalue weighted by Crippen LogP contribution is -2.54. The highest BCUT2D eigenvalue weighted by Gasteiger charge is 2.43. The van der Waals surface area contributed by atoms with Gasteiger partial charge in [0.05, 0.1) is 35.9 Å². The van der Waals surface area contributed by atoms with Gasteiger partial charge in [0, 0.05) is 6.42 Å². The van der Waals surface area contributed by atoms with Crippen molar-refractivity contribution in [3.8, 4) is 12.3 Å². The number of rotatable bonds is 3. The van der Waals surface area contributed by atoms with Gasteiger partial charge >= 0.3 is 0 Å². The normalized spacial score (nSPS) is 42.8. The van der Waals surface area contributed by atoms with Crippen molar-refractivity contribution in [1.82, 2.24) is 0 Å². The zero-order valence-corrected chi connectivity index (χ0v) is 11.9. The number of allylic oxidation sites excluding steroid dienone is 1. The van der Waals surface area contributed by atoms with E-state index in [-0.39, 0.29) is 29.8 Å². The smallest absolute Gasteiger partial charge is 0.0867 e. The van der Waals surface area contributed by atoms with Gasteiger partial charge in [0.1, 0.15) is 0 Å². The van der Waals surface area contributed by atoms with Gasteiger partial charge in [-0.15, -0.1) is 18.0 Å². The quantitative estimate of drug-likeness (QED) is 0.638. The number of aliphatic hydroxyl groups is 1. The first-order chi connectivity index (χ1) is 9.15. The summed E-state index contributed by atoms with van der Waals surface area (Å²) in [7, 11) is 0. The van der Waals surface area contributed by atoms with Crippen molar-refractivity contribution in [2.24, 2.45) is 0 Å². The fourth-order valence-electron chi connectivity index (χ4n) is 2.82. The zero-order chi connectivity index (χ0) is 13.8. The number of terminal acetylenes is 1. The molecule has 0 aliphatic carbocycles. The van der Waals surface area contributed by atoms with E-state index in [1.165, 1.54) is 0 Å². The second-order valence-corrected chi connectivity index (χ2v) is 5.75. The predicted molar refractivity (Wildman–Crippen MR) is 75.1 cm³/mol. The molecule has 0 bridgehead atoms.